The van der Waals surface area contributed by atoms with Gasteiger partial charge in [0, 0.05) is 50.5 Å². The summed E-state index contributed by atoms with van der Waals surface area (Å²) in [4.78, 5) is 37.3. The molecule has 0 N–H and O–H groups in total. The van der Waals surface area contributed by atoms with Gasteiger partial charge in [-0.3, -0.25) is 19.5 Å². The van der Waals surface area contributed by atoms with Crippen LogP contribution < -0.4 is 0 Å². The number of nitrogens with zero attached hydrogens (tertiary/aromatic N) is 4. The fourth-order valence-corrected chi connectivity index (χ4v) is 6.84. The molecule has 0 unspecified atom stereocenters. The van der Waals surface area contributed by atoms with E-state index >= 15 is 0 Å². The van der Waals surface area contributed by atoms with Gasteiger partial charge in [0.05, 0.1) is 5.56 Å². The van der Waals surface area contributed by atoms with Crippen molar-refractivity contribution in [2.45, 2.75) is 69.9 Å². The molecule has 0 spiro atoms. The summed E-state index contributed by atoms with van der Waals surface area (Å²) < 4.78 is 0. The van der Waals surface area contributed by atoms with Crippen molar-refractivity contribution < 1.29 is 9.59 Å². The number of carbonyl (C=O) groups excluding carboxylic acids is 2. The highest BCUT2D eigenvalue weighted by molar-refractivity contribution is 5.94. The Kier molecular flexibility index (Phi) is 6.26. The Morgan fingerprint density at radius 2 is 1.84 bits per heavy atom. The number of likely N-dealkylation sites (tertiary alicyclic amines) is 2. The predicted octanol–water partition coefficient (Wildman–Crippen LogP) is 3.19. The zero-order valence-electron chi connectivity index (χ0n) is 18.6. The van der Waals surface area contributed by atoms with Gasteiger partial charge in [-0.15, -0.1) is 0 Å². The van der Waals surface area contributed by atoms with Crippen molar-refractivity contribution in [2.75, 3.05) is 32.7 Å². The summed E-state index contributed by atoms with van der Waals surface area (Å²) in [6.45, 7) is 5.14. The van der Waals surface area contributed by atoms with E-state index in [1.54, 1.807) is 12.4 Å². The second kappa shape index (κ2) is 9.27. The van der Waals surface area contributed by atoms with Crippen LogP contribution in [0.15, 0.2) is 24.5 Å². The second-order valence-electron chi connectivity index (χ2n) is 9.98. The molecule has 4 saturated heterocycles. The summed E-state index contributed by atoms with van der Waals surface area (Å²) in [5.74, 6) is 1.56. The van der Waals surface area contributed by atoms with E-state index in [9.17, 15) is 9.59 Å². The van der Waals surface area contributed by atoms with Crippen molar-refractivity contribution in [3.05, 3.63) is 30.1 Å². The molecule has 6 nitrogen and oxygen atoms in total. The molecule has 1 aromatic heterocycles. The smallest absolute Gasteiger partial charge is 0.255 e. The number of pyridine rings is 1. The molecule has 4 aliphatic rings. The molecule has 0 bridgehead atoms. The zero-order valence-corrected chi connectivity index (χ0v) is 18.6. The lowest BCUT2D eigenvalue weighted by Crippen LogP contribution is -2.65. The van der Waals surface area contributed by atoms with Crippen LogP contribution in [-0.4, -0.2) is 76.3 Å². The van der Waals surface area contributed by atoms with Gasteiger partial charge in [-0.25, -0.2) is 0 Å². The fraction of sp³-hybridized carbons (Fsp3) is 0.720. The van der Waals surface area contributed by atoms with Gasteiger partial charge in [0.25, 0.3) is 5.91 Å². The number of aromatic nitrogens is 1. The van der Waals surface area contributed by atoms with Crippen molar-refractivity contribution in [1.82, 2.24) is 19.7 Å². The van der Waals surface area contributed by atoms with E-state index in [2.05, 4.69) is 14.8 Å². The fourth-order valence-electron chi connectivity index (χ4n) is 6.84. The third kappa shape index (κ3) is 4.23. The van der Waals surface area contributed by atoms with E-state index in [4.69, 9.17) is 0 Å². The first-order chi connectivity index (χ1) is 15.2. The molecule has 5 heterocycles. The lowest BCUT2D eigenvalue weighted by Gasteiger charge is -2.57. The van der Waals surface area contributed by atoms with Gasteiger partial charge in [0.1, 0.15) is 0 Å². The van der Waals surface area contributed by atoms with Crippen LogP contribution in [0.2, 0.25) is 0 Å². The van der Waals surface area contributed by atoms with Crippen LogP contribution in [-0.2, 0) is 4.79 Å². The molecule has 168 valence electrons. The van der Waals surface area contributed by atoms with Crippen molar-refractivity contribution in [1.29, 1.82) is 0 Å². The van der Waals surface area contributed by atoms with Crippen molar-refractivity contribution in [3.63, 3.8) is 0 Å². The van der Waals surface area contributed by atoms with Crippen LogP contribution in [0.3, 0.4) is 0 Å². The topological polar surface area (TPSA) is 56.8 Å². The quantitative estimate of drug-likeness (QED) is 0.728. The zero-order chi connectivity index (χ0) is 21.2. The van der Waals surface area contributed by atoms with Gasteiger partial charge in [0.2, 0.25) is 5.91 Å². The Morgan fingerprint density at radius 1 is 1.03 bits per heavy atom. The summed E-state index contributed by atoms with van der Waals surface area (Å²) in [5, 5.41) is 0. The van der Waals surface area contributed by atoms with Gasteiger partial charge < -0.3 is 9.80 Å². The normalized spacial score (nSPS) is 30.8. The van der Waals surface area contributed by atoms with Gasteiger partial charge in [-0.2, -0.15) is 0 Å². The first-order valence-corrected chi connectivity index (χ1v) is 12.4. The molecule has 5 rings (SSSR count). The van der Waals surface area contributed by atoms with Crippen molar-refractivity contribution in [3.8, 4) is 0 Å². The SMILES string of the molecule is O=C(CCC[C@@H]1[C@H]2CCCN3CCC[C@@H](CN1C(=O)c1cccnc1)[C@@H]23)N1CCCC1. The number of rotatable bonds is 5. The van der Waals surface area contributed by atoms with Crippen molar-refractivity contribution >= 4 is 11.8 Å². The summed E-state index contributed by atoms with van der Waals surface area (Å²) in [7, 11) is 0. The Labute approximate surface area is 186 Å². The maximum Gasteiger partial charge on any atom is 0.255 e. The molecule has 1 aromatic rings. The Balaban J connectivity index is 1.34. The average Bonchev–Trinajstić information content (AvgIpc) is 3.36. The molecular formula is C25H36N4O2. The lowest BCUT2D eigenvalue weighted by molar-refractivity contribution is -0.130. The third-order valence-electron chi connectivity index (χ3n) is 8.19. The maximum atomic E-state index is 13.5. The number of amides is 2. The summed E-state index contributed by atoms with van der Waals surface area (Å²) >= 11 is 0. The van der Waals surface area contributed by atoms with Crippen LogP contribution in [0.5, 0.6) is 0 Å². The monoisotopic (exact) mass is 424 g/mol. The predicted molar refractivity (Wildman–Crippen MR) is 120 cm³/mol. The minimum Gasteiger partial charge on any atom is -0.343 e. The Hall–Kier alpha value is -1.95. The maximum absolute atomic E-state index is 13.5. The molecule has 4 aliphatic heterocycles. The highest BCUT2D eigenvalue weighted by Gasteiger charge is 2.49. The van der Waals surface area contributed by atoms with E-state index in [0.717, 1.165) is 45.3 Å². The molecule has 0 aromatic carbocycles. The van der Waals surface area contributed by atoms with Gasteiger partial charge in [-0.05, 0) is 88.4 Å². The van der Waals surface area contributed by atoms with Crippen LogP contribution in [0.4, 0.5) is 0 Å². The molecule has 0 radical (unpaired) electrons. The van der Waals surface area contributed by atoms with E-state index in [-0.39, 0.29) is 11.9 Å². The van der Waals surface area contributed by atoms with Crippen molar-refractivity contribution in [2.24, 2.45) is 11.8 Å². The first kappa shape index (κ1) is 20.9. The molecule has 0 saturated carbocycles. The van der Waals surface area contributed by atoms with Crippen LogP contribution in [0.1, 0.15) is 68.1 Å². The van der Waals surface area contributed by atoms with E-state index in [1.165, 1.54) is 38.8 Å². The van der Waals surface area contributed by atoms with Crippen LogP contribution in [0.25, 0.3) is 0 Å². The third-order valence-corrected chi connectivity index (χ3v) is 8.19. The van der Waals surface area contributed by atoms with E-state index < -0.39 is 0 Å². The van der Waals surface area contributed by atoms with Gasteiger partial charge in [0.15, 0.2) is 0 Å². The average molecular weight is 425 g/mol. The molecule has 0 aliphatic carbocycles. The summed E-state index contributed by atoms with van der Waals surface area (Å²) in [6, 6.07) is 4.61. The first-order valence-electron chi connectivity index (χ1n) is 12.4. The number of piperidine rings is 3. The van der Waals surface area contributed by atoms with Crippen LogP contribution in [0, 0.1) is 11.8 Å². The second-order valence-corrected chi connectivity index (χ2v) is 9.98. The number of hydrogen-bond donors (Lipinski definition) is 0. The molecule has 31 heavy (non-hydrogen) atoms. The van der Waals surface area contributed by atoms with E-state index in [1.807, 2.05) is 17.0 Å². The minimum atomic E-state index is 0.130. The molecule has 6 heteroatoms. The lowest BCUT2D eigenvalue weighted by atomic mass is 9.69. The number of hydrogen-bond acceptors (Lipinski definition) is 4. The van der Waals surface area contributed by atoms with Crippen LogP contribution >= 0.6 is 0 Å². The summed E-state index contributed by atoms with van der Waals surface area (Å²) in [6.07, 6.45) is 13.1. The van der Waals surface area contributed by atoms with Gasteiger partial charge >= 0.3 is 0 Å². The Bertz CT molecular complexity index is 777. The summed E-state index contributed by atoms with van der Waals surface area (Å²) in [5.41, 5.74) is 0.697. The van der Waals surface area contributed by atoms with E-state index in [0.29, 0.717) is 35.8 Å². The molecule has 4 atom stereocenters. The minimum absolute atomic E-state index is 0.130. The highest BCUT2D eigenvalue weighted by atomic mass is 16.2. The highest BCUT2D eigenvalue weighted by Crippen LogP contribution is 2.43. The number of carbonyl (C=O) groups is 2. The van der Waals surface area contributed by atoms with Gasteiger partial charge in [-0.1, -0.05) is 0 Å². The Morgan fingerprint density at radius 3 is 2.61 bits per heavy atom. The molecule has 2 amide bonds. The standard InChI is InChI=1S/C25H36N4O2/c30-23(27-13-1-2-14-27)11-3-10-22-21-9-6-16-28-15-5-8-20(24(21)28)18-29(22)25(31)19-7-4-12-26-17-19/h4,7,12,17,20-22,24H,1-3,5-6,8-11,13-16,18H2/t20-,21+,22+,24-/m0/s1. The molecule has 4 fully saturated rings. The largest absolute Gasteiger partial charge is 0.343 e. The molecular weight excluding hydrogens is 388 g/mol.